The van der Waals surface area contributed by atoms with Crippen molar-refractivity contribution in [2.75, 3.05) is 6.61 Å². The number of rotatable bonds is 3. The van der Waals surface area contributed by atoms with Crippen LogP contribution >= 0.6 is 11.6 Å². The maximum absolute atomic E-state index is 9.60. The second kappa shape index (κ2) is 5.28. The third kappa shape index (κ3) is 2.93. The Morgan fingerprint density at radius 1 is 1.29 bits per heavy atom. The zero-order valence-electron chi connectivity index (χ0n) is 10.2. The highest BCUT2D eigenvalue weighted by atomic mass is 35.5. The zero-order chi connectivity index (χ0) is 12.3. The van der Waals surface area contributed by atoms with E-state index in [1.165, 1.54) is 6.42 Å². The van der Waals surface area contributed by atoms with Crippen molar-refractivity contribution in [1.29, 1.82) is 0 Å². The molecule has 0 radical (unpaired) electrons. The lowest BCUT2D eigenvalue weighted by Crippen LogP contribution is -2.42. The van der Waals surface area contributed by atoms with Crippen LogP contribution in [0.1, 0.15) is 37.7 Å². The highest BCUT2D eigenvalue weighted by Gasteiger charge is 2.33. The van der Waals surface area contributed by atoms with Crippen LogP contribution in [0.5, 0.6) is 5.75 Å². The SMILES string of the molecule is Cc1cc(Cl)ccc1OC1(CO)CCCCC1. The third-order valence-electron chi connectivity index (χ3n) is 3.52. The van der Waals surface area contributed by atoms with E-state index in [4.69, 9.17) is 16.3 Å². The van der Waals surface area contributed by atoms with Crippen molar-refractivity contribution in [2.45, 2.75) is 44.6 Å². The lowest BCUT2D eigenvalue weighted by molar-refractivity contribution is -0.0202. The van der Waals surface area contributed by atoms with Gasteiger partial charge in [0.05, 0.1) is 6.61 Å². The standard InChI is InChI=1S/C14H19ClO2/c1-11-9-12(15)5-6-13(11)17-14(10-16)7-3-2-4-8-14/h5-6,9,16H,2-4,7-8,10H2,1H3. The Morgan fingerprint density at radius 2 is 2.00 bits per heavy atom. The van der Waals surface area contributed by atoms with Crippen LogP contribution in [0.3, 0.4) is 0 Å². The monoisotopic (exact) mass is 254 g/mol. The summed E-state index contributed by atoms with van der Waals surface area (Å²) in [4.78, 5) is 0. The van der Waals surface area contributed by atoms with Crippen LogP contribution in [0.2, 0.25) is 5.02 Å². The van der Waals surface area contributed by atoms with Gasteiger partial charge in [0.2, 0.25) is 0 Å². The lowest BCUT2D eigenvalue weighted by Gasteiger charge is -2.36. The molecular formula is C14H19ClO2. The van der Waals surface area contributed by atoms with Gasteiger partial charge in [0.25, 0.3) is 0 Å². The van der Waals surface area contributed by atoms with Crippen LogP contribution in [0.4, 0.5) is 0 Å². The minimum Gasteiger partial charge on any atom is -0.485 e. The number of halogens is 1. The number of aliphatic hydroxyl groups excluding tert-OH is 1. The molecular weight excluding hydrogens is 236 g/mol. The largest absolute Gasteiger partial charge is 0.485 e. The lowest BCUT2D eigenvalue weighted by atomic mass is 9.85. The maximum Gasteiger partial charge on any atom is 0.132 e. The third-order valence-corrected chi connectivity index (χ3v) is 3.75. The number of ether oxygens (including phenoxy) is 1. The van der Waals surface area contributed by atoms with Gasteiger partial charge in [0.15, 0.2) is 0 Å². The van der Waals surface area contributed by atoms with Crippen molar-refractivity contribution in [1.82, 2.24) is 0 Å². The molecule has 0 spiro atoms. The first-order valence-electron chi connectivity index (χ1n) is 6.21. The second-order valence-corrected chi connectivity index (χ2v) is 5.35. The Labute approximate surface area is 108 Å². The first-order chi connectivity index (χ1) is 8.15. The van der Waals surface area contributed by atoms with Gasteiger partial charge < -0.3 is 9.84 Å². The van der Waals surface area contributed by atoms with Crippen molar-refractivity contribution in [2.24, 2.45) is 0 Å². The summed E-state index contributed by atoms with van der Waals surface area (Å²) in [5, 5.41) is 10.3. The van der Waals surface area contributed by atoms with Crippen LogP contribution in [-0.4, -0.2) is 17.3 Å². The van der Waals surface area contributed by atoms with E-state index in [1.54, 1.807) is 0 Å². The molecule has 0 bridgehead atoms. The van der Waals surface area contributed by atoms with Gasteiger partial charge in [-0.25, -0.2) is 0 Å². The highest BCUT2D eigenvalue weighted by molar-refractivity contribution is 6.30. The van der Waals surface area contributed by atoms with Gasteiger partial charge in [-0.2, -0.15) is 0 Å². The number of aliphatic hydroxyl groups is 1. The first-order valence-corrected chi connectivity index (χ1v) is 6.59. The van der Waals surface area contributed by atoms with Crippen LogP contribution in [0, 0.1) is 6.92 Å². The molecule has 0 aliphatic heterocycles. The Kier molecular flexibility index (Phi) is 3.95. The predicted octanol–water partition coefficient (Wildman–Crippen LogP) is 3.72. The summed E-state index contributed by atoms with van der Waals surface area (Å²) >= 11 is 5.92. The Morgan fingerprint density at radius 3 is 2.59 bits per heavy atom. The number of benzene rings is 1. The minimum absolute atomic E-state index is 0.0923. The molecule has 0 saturated heterocycles. The van der Waals surface area contributed by atoms with Crippen molar-refractivity contribution in [3.63, 3.8) is 0 Å². The average molecular weight is 255 g/mol. The van der Waals surface area contributed by atoms with Crippen molar-refractivity contribution < 1.29 is 9.84 Å². The summed E-state index contributed by atoms with van der Waals surface area (Å²) < 4.78 is 6.07. The van der Waals surface area contributed by atoms with Crippen molar-refractivity contribution in [3.05, 3.63) is 28.8 Å². The van der Waals surface area contributed by atoms with E-state index in [0.717, 1.165) is 42.0 Å². The van der Waals surface area contributed by atoms with Gasteiger partial charge in [0, 0.05) is 5.02 Å². The highest BCUT2D eigenvalue weighted by Crippen LogP contribution is 2.34. The van der Waals surface area contributed by atoms with E-state index >= 15 is 0 Å². The zero-order valence-corrected chi connectivity index (χ0v) is 11.0. The van der Waals surface area contributed by atoms with E-state index in [0.29, 0.717) is 0 Å². The molecule has 0 amide bonds. The summed E-state index contributed by atoms with van der Waals surface area (Å²) in [5.41, 5.74) is 0.646. The van der Waals surface area contributed by atoms with Gasteiger partial charge in [-0.05, 0) is 56.4 Å². The van der Waals surface area contributed by atoms with Gasteiger partial charge in [-0.15, -0.1) is 0 Å². The fourth-order valence-electron chi connectivity index (χ4n) is 2.45. The van der Waals surface area contributed by atoms with Crippen molar-refractivity contribution in [3.8, 4) is 5.75 Å². The minimum atomic E-state index is -0.378. The molecule has 2 nitrogen and oxygen atoms in total. The normalized spacial score (nSPS) is 19.0. The number of hydrogen-bond donors (Lipinski definition) is 1. The molecule has 94 valence electrons. The Hall–Kier alpha value is -0.730. The van der Waals surface area contributed by atoms with Crippen LogP contribution < -0.4 is 4.74 Å². The summed E-state index contributed by atoms with van der Waals surface area (Å²) in [7, 11) is 0. The van der Waals surface area contributed by atoms with Crippen molar-refractivity contribution >= 4 is 11.6 Å². The summed E-state index contributed by atoms with van der Waals surface area (Å²) in [6.07, 6.45) is 5.38. The fourth-order valence-corrected chi connectivity index (χ4v) is 2.68. The van der Waals surface area contributed by atoms with E-state index in [-0.39, 0.29) is 12.2 Å². The maximum atomic E-state index is 9.60. The Bertz CT molecular complexity index is 384. The summed E-state index contributed by atoms with van der Waals surface area (Å²) in [6.45, 7) is 2.07. The molecule has 0 heterocycles. The van der Waals surface area contributed by atoms with Crippen LogP contribution in [0.25, 0.3) is 0 Å². The first kappa shape index (κ1) is 12.7. The quantitative estimate of drug-likeness (QED) is 0.891. The molecule has 0 aromatic heterocycles. The summed E-state index contributed by atoms with van der Waals surface area (Å²) in [5.74, 6) is 0.838. The van der Waals surface area contributed by atoms with Gasteiger partial charge >= 0.3 is 0 Å². The molecule has 1 saturated carbocycles. The van der Waals surface area contributed by atoms with Gasteiger partial charge in [0.1, 0.15) is 11.4 Å². The average Bonchev–Trinajstić information content (AvgIpc) is 2.34. The second-order valence-electron chi connectivity index (χ2n) is 4.91. The predicted molar refractivity (Wildman–Crippen MR) is 69.7 cm³/mol. The fraction of sp³-hybridized carbons (Fsp3) is 0.571. The molecule has 1 aliphatic rings. The Balaban J connectivity index is 2.17. The number of aryl methyl sites for hydroxylation is 1. The van der Waals surface area contributed by atoms with Gasteiger partial charge in [-0.3, -0.25) is 0 Å². The molecule has 1 N–H and O–H groups in total. The van der Waals surface area contributed by atoms with E-state index < -0.39 is 0 Å². The molecule has 1 aliphatic carbocycles. The van der Waals surface area contributed by atoms with E-state index in [9.17, 15) is 5.11 Å². The smallest absolute Gasteiger partial charge is 0.132 e. The summed E-state index contributed by atoms with van der Waals surface area (Å²) in [6, 6.07) is 5.62. The molecule has 1 aromatic carbocycles. The van der Waals surface area contributed by atoms with Crippen LogP contribution in [0.15, 0.2) is 18.2 Å². The van der Waals surface area contributed by atoms with Crippen LogP contribution in [-0.2, 0) is 0 Å². The number of hydrogen-bond acceptors (Lipinski definition) is 2. The van der Waals surface area contributed by atoms with Gasteiger partial charge in [-0.1, -0.05) is 18.0 Å². The molecule has 0 atom stereocenters. The molecule has 17 heavy (non-hydrogen) atoms. The molecule has 1 fully saturated rings. The van der Waals surface area contributed by atoms with E-state index in [2.05, 4.69) is 0 Å². The molecule has 2 rings (SSSR count). The topological polar surface area (TPSA) is 29.5 Å². The molecule has 0 unspecified atom stereocenters. The van der Waals surface area contributed by atoms with E-state index in [1.807, 2.05) is 25.1 Å². The molecule has 3 heteroatoms. The molecule has 1 aromatic rings.